The van der Waals surface area contributed by atoms with Gasteiger partial charge in [0.1, 0.15) is 17.4 Å². The third-order valence-corrected chi connectivity index (χ3v) is 7.95. The molecule has 0 saturated carbocycles. The van der Waals surface area contributed by atoms with Crippen molar-refractivity contribution in [1.29, 1.82) is 5.41 Å². The van der Waals surface area contributed by atoms with Crippen molar-refractivity contribution in [3.63, 3.8) is 0 Å². The maximum absolute atomic E-state index is 12.9. The minimum absolute atomic E-state index is 0.0548. The summed E-state index contributed by atoms with van der Waals surface area (Å²) in [6.07, 6.45) is 4.88. The van der Waals surface area contributed by atoms with Crippen LogP contribution < -0.4 is 4.74 Å². The van der Waals surface area contributed by atoms with E-state index in [9.17, 15) is 4.79 Å². The van der Waals surface area contributed by atoms with Crippen molar-refractivity contribution in [3.05, 3.63) is 71.4 Å². The van der Waals surface area contributed by atoms with Gasteiger partial charge in [-0.2, -0.15) is 15.1 Å². The standard InChI is InChI=1S/C29H31N5O2S/c1-5-19(4)20-10-12-22(13-11-20)36-15-14-33-17-21(23-8-6-7-9-25(23)33)16-24-26(30)34-29(31-27(24)35)37-28(32-34)18(2)3/h6-13,16-19,30H,5,14-15H2,1-4H3/b24-16-,30-26?/t19-/m1/s1. The first-order chi connectivity index (χ1) is 17.9. The molecule has 0 spiro atoms. The van der Waals surface area contributed by atoms with Crippen LogP contribution >= 0.6 is 11.8 Å². The summed E-state index contributed by atoms with van der Waals surface area (Å²) in [6, 6.07) is 16.4. The van der Waals surface area contributed by atoms with Crippen LogP contribution in [-0.2, 0) is 11.3 Å². The fraction of sp³-hybridized carbons (Fsp3) is 0.310. The Hall–Kier alpha value is -3.65. The number of para-hydroxylation sites is 1. The number of nitrogens with one attached hydrogen (secondary N) is 1. The summed E-state index contributed by atoms with van der Waals surface area (Å²) in [7, 11) is 0. The van der Waals surface area contributed by atoms with E-state index in [2.05, 4.69) is 46.7 Å². The summed E-state index contributed by atoms with van der Waals surface area (Å²) in [6.45, 7) is 9.65. The molecule has 2 aliphatic rings. The van der Waals surface area contributed by atoms with E-state index in [-0.39, 0.29) is 17.3 Å². The lowest BCUT2D eigenvalue weighted by atomic mass is 9.99. The van der Waals surface area contributed by atoms with Crippen molar-refractivity contribution in [1.82, 2.24) is 9.58 Å². The number of carbonyl (C=O) groups excluding carboxylic acids is 1. The van der Waals surface area contributed by atoms with Crippen molar-refractivity contribution in [2.24, 2.45) is 16.0 Å². The van der Waals surface area contributed by atoms with E-state index in [1.54, 1.807) is 6.08 Å². The minimum Gasteiger partial charge on any atom is -0.492 e. The molecule has 1 atom stereocenters. The van der Waals surface area contributed by atoms with Gasteiger partial charge in [0.25, 0.3) is 5.91 Å². The molecule has 0 unspecified atom stereocenters. The Morgan fingerprint density at radius 3 is 2.59 bits per heavy atom. The van der Waals surface area contributed by atoms with Gasteiger partial charge in [0.2, 0.25) is 5.17 Å². The maximum atomic E-state index is 12.9. The zero-order chi connectivity index (χ0) is 26.1. The number of hydrogen-bond acceptors (Lipinski definition) is 5. The molecular weight excluding hydrogens is 482 g/mol. The van der Waals surface area contributed by atoms with Crippen LogP contribution in [0.15, 0.2) is 70.4 Å². The molecule has 1 aromatic heterocycles. The number of amidine groups is 2. The fourth-order valence-electron chi connectivity index (χ4n) is 4.36. The topological polar surface area (TPSA) is 83.0 Å². The Morgan fingerprint density at radius 2 is 1.86 bits per heavy atom. The molecule has 0 fully saturated rings. The van der Waals surface area contributed by atoms with Gasteiger partial charge in [0.15, 0.2) is 5.84 Å². The Balaban J connectivity index is 1.36. The maximum Gasteiger partial charge on any atom is 0.283 e. The highest BCUT2D eigenvalue weighted by Crippen LogP contribution is 2.32. The molecule has 3 aromatic rings. The summed E-state index contributed by atoms with van der Waals surface area (Å²) in [4.78, 5) is 17.1. The molecule has 0 bridgehead atoms. The van der Waals surface area contributed by atoms with Crippen LogP contribution in [0.3, 0.4) is 0 Å². The first kappa shape index (κ1) is 25.0. The largest absolute Gasteiger partial charge is 0.492 e. The molecule has 8 heteroatoms. The Kier molecular flexibility index (Phi) is 7.02. The third kappa shape index (κ3) is 4.98. The number of carbonyl (C=O) groups is 1. The summed E-state index contributed by atoms with van der Waals surface area (Å²) in [5.74, 6) is 1.23. The molecule has 5 rings (SSSR count). The second-order valence-electron chi connectivity index (χ2n) is 9.63. The van der Waals surface area contributed by atoms with Crippen molar-refractivity contribution in [3.8, 4) is 5.75 Å². The quantitative estimate of drug-likeness (QED) is 0.348. The van der Waals surface area contributed by atoms with Crippen LogP contribution in [0.1, 0.15) is 51.2 Å². The lowest BCUT2D eigenvalue weighted by Gasteiger charge is -2.20. The van der Waals surface area contributed by atoms with E-state index in [0.717, 1.165) is 33.7 Å². The summed E-state index contributed by atoms with van der Waals surface area (Å²) in [5, 5.41) is 17.0. The number of aromatic nitrogens is 1. The number of hydrogen-bond donors (Lipinski definition) is 1. The van der Waals surface area contributed by atoms with Gasteiger partial charge in [-0.3, -0.25) is 10.2 Å². The van der Waals surface area contributed by atoms with E-state index < -0.39 is 5.91 Å². The third-order valence-electron chi connectivity index (χ3n) is 6.75. The van der Waals surface area contributed by atoms with Crippen molar-refractivity contribution < 1.29 is 9.53 Å². The number of rotatable bonds is 8. The monoisotopic (exact) mass is 513 g/mol. The number of benzene rings is 2. The van der Waals surface area contributed by atoms with Gasteiger partial charge < -0.3 is 9.30 Å². The highest BCUT2D eigenvalue weighted by Gasteiger charge is 2.36. The summed E-state index contributed by atoms with van der Waals surface area (Å²) < 4.78 is 8.16. The summed E-state index contributed by atoms with van der Waals surface area (Å²) >= 11 is 1.35. The van der Waals surface area contributed by atoms with Crippen LogP contribution in [0.5, 0.6) is 5.75 Å². The minimum atomic E-state index is -0.412. The molecule has 1 amide bonds. The van der Waals surface area contributed by atoms with E-state index in [4.69, 9.17) is 10.1 Å². The zero-order valence-corrected chi connectivity index (χ0v) is 22.4. The first-order valence-corrected chi connectivity index (χ1v) is 13.5. The van der Waals surface area contributed by atoms with Crippen molar-refractivity contribution in [2.75, 3.05) is 6.61 Å². The van der Waals surface area contributed by atoms with Gasteiger partial charge in [-0.05, 0) is 53.9 Å². The number of fused-ring (bicyclic) bond motifs is 2. The predicted molar refractivity (Wildman–Crippen MR) is 152 cm³/mol. The Morgan fingerprint density at radius 1 is 1.11 bits per heavy atom. The second kappa shape index (κ2) is 10.4. The average Bonchev–Trinajstić information content (AvgIpc) is 3.49. The number of thioether (sulfide) groups is 1. The average molecular weight is 514 g/mol. The van der Waals surface area contributed by atoms with Crippen LogP contribution in [0.25, 0.3) is 17.0 Å². The van der Waals surface area contributed by atoms with Crippen LogP contribution in [-0.4, -0.2) is 38.1 Å². The number of hydrazone groups is 1. The lowest BCUT2D eigenvalue weighted by Crippen LogP contribution is -2.35. The van der Waals surface area contributed by atoms with Gasteiger partial charge in [-0.25, -0.2) is 0 Å². The van der Waals surface area contributed by atoms with Crippen molar-refractivity contribution >= 4 is 50.7 Å². The molecule has 190 valence electrons. The van der Waals surface area contributed by atoms with E-state index in [1.165, 1.54) is 22.3 Å². The van der Waals surface area contributed by atoms with E-state index >= 15 is 0 Å². The number of nitrogens with zero attached hydrogens (tertiary/aromatic N) is 4. The van der Waals surface area contributed by atoms with Crippen LogP contribution in [0, 0.1) is 11.3 Å². The molecule has 0 aliphatic carbocycles. The van der Waals surface area contributed by atoms with E-state index in [1.807, 2.05) is 50.4 Å². The molecule has 1 N–H and O–H groups in total. The molecule has 3 heterocycles. The Labute approximate surface area is 221 Å². The SMILES string of the molecule is CC[C@@H](C)c1ccc(OCCn2cc(/C=C3/C(=N)N4N=C(C(C)C)SC4=NC3=O)c3ccccc32)cc1. The molecule has 0 radical (unpaired) electrons. The first-order valence-electron chi connectivity index (χ1n) is 12.7. The second-order valence-corrected chi connectivity index (χ2v) is 10.6. The molecule has 0 saturated heterocycles. The molecular formula is C29H31N5O2S. The smallest absolute Gasteiger partial charge is 0.283 e. The van der Waals surface area contributed by atoms with Crippen molar-refractivity contribution in [2.45, 2.75) is 46.6 Å². The lowest BCUT2D eigenvalue weighted by molar-refractivity contribution is -0.114. The van der Waals surface area contributed by atoms with Gasteiger partial charge in [0.05, 0.1) is 12.1 Å². The highest BCUT2D eigenvalue weighted by molar-refractivity contribution is 8.27. The van der Waals surface area contributed by atoms with Crippen LogP contribution in [0.2, 0.25) is 0 Å². The highest BCUT2D eigenvalue weighted by atomic mass is 32.2. The number of amides is 1. The summed E-state index contributed by atoms with van der Waals surface area (Å²) in [5.41, 5.74) is 3.46. The number of aliphatic imine (C=N–C) groups is 1. The predicted octanol–water partition coefficient (Wildman–Crippen LogP) is 6.51. The molecule has 7 nitrogen and oxygen atoms in total. The van der Waals surface area contributed by atoms with Gasteiger partial charge in [0, 0.05) is 28.6 Å². The normalized spacial score (nSPS) is 17.4. The van der Waals surface area contributed by atoms with Gasteiger partial charge >= 0.3 is 0 Å². The number of ether oxygens (including phenoxy) is 1. The van der Waals surface area contributed by atoms with E-state index in [0.29, 0.717) is 24.2 Å². The molecule has 37 heavy (non-hydrogen) atoms. The van der Waals surface area contributed by atoms with Gasteiger partial charge in [-0.15, -0.1) is 0 Å². The molecule has 2 aliphatic heterocycles. The van der Waals surface area contributed by atoms with Crippen LogP contribution in [0.4, 0.5) is 0 Å². The van der Waals surface area contributed by atoms with Gasteiger partial charge in [-0.1, -0.05) is 58.0 Å². The molecule has 2 aromatic carbocycles. The Bertz CT molecular complexity index is 1450. The fourth-order valence-corrected chi connectivity index (χ4v) is 5.25. The zero-order valence-electron chi connectivity index (χ0n) is 21.6.